The van der Waals surface area contributed by atoms with Crippen LogP contribution in [0.1, 0.15) is 74.7 Å². The fourth-order valence-electron chi connectivity index (χ4n) is 1.87. The second kappa shape index (κ2) is 5.89. The van der Waals surface area contributed by atoms with Crippen molar-refractivity contribution in [2.45, 2.75) is 74.7 Å². The standard InChI is InChI=1S/C16H32/c1-9-13(2)16(7,8)12-10-11-14(3)15(4,5)6/h9,14H,10-12H2,1-8H3/b13-9+. The average Bonchev–Trinajstić information content (AvgIpc) is 2.14. The molecule has 0 aliphatic rings. The summed E-state index contributed by atoms with van der Waals surface area (Å²) in [6, 6.07) is 0. The van der Waals surface area contributed by atoms with Gasteiger partial charge in [0, 0.05) is 0 Å². The molecule has 0 amide bonds. The molecule has 0 fully saturated rings. The van der Waals surface area contributed by atoms with E-state index in [2.05, 4.69) is 61.5 Å². The van der Waals surface area contributed by atoms with Gasteiger partial charge in [-0.2, -0.15) is 0 Å². The molecule has 0 rings (SSSR count). The van der Waals surface area contributed by atoms with Crippen LogP contribution >= 0.6 is 0 Å². The molecule has 0 heterocycles. The molecule has 0 radical (unpaired) electrons. The van der Waals surface area contributed by atoms with Gasteiger partial charge in [-0.25, -0.2) is 0 Å². The summed E-state index contributed by atoms with van der Waals surface area (Å²) >= 11 is 0. The molecule has 16 heavy (non-hydrogen) atoms. The molecule has 0 saturated heterocycles. The van der Waals surface area contributed by atoms with Gasteiger partial charge in [0.2, 0.25) is 0 Å². The Morgan fingerprint density at radius 2 is 1.62 bits per heavy atom. The molecule has 0 heteroatoms. The highest BCUT2D eigenvalue weighted by atomic mass is 14.3. The van der Waals surface area contributed by atoms with Crippen LogP contribution in [0.3, 0.4) is 0 Å². The summed E-state index contributed by atoms with van der Waals surface area (Å²) in [5.41, 5.74) is 2.36. The van der Waals surface area contributed by atoms with Gasteiger partial charge in [0.25, 0.3) is 0 Å². The minimum Gasteiger partial charge on any atom is -0.0882 e. The van der Waals surface area contributed by atoms with Gasteiger partial charge in [0.05, 0.1) is 0 Å². The Morgan fingerprint density at radius 3 is 2.00 bits per heavy atom. The predicted molar refractivity (Wildman–Crippen MR) is 75.7 cm³/mol. The molecule has 0 N–H and O–H groups in total. The maximum Gasteiger partial charge on any atom is -0.0148 e. The van der Waals surface area contributed by atoms with Gasteiger partial charge in [-0.15, -0.1) is 0 Å². The van der Waals surface area contributed by atoms with Gasteiger partial charge >= 0.3 is 0 Å². The average molecular weight is 224 g/mol. The number of allylic oxidation sites excluding steroid dienone is 2. The van der Waals surface area contributed by atoms with Crippen LogP contribution in [0, 0.1) is 16.7 Å². The second-order valence-corrected chi connectivity index (χ2v) is 7.01. The van der Waals surface area contributed by atoms with Crippen LogP contribution in [0.25, 0.3) is 0 Å². The number of rotatable bonds is 5. The molecule has 0 aromatic rings. The summed E-state index contributed by atoms with van der Waals surface area (Å²) in [4.78, 5) is 0. The van der Waals surface area contributed by atoms with Crippen LogP contribution in [-0.4, -0.2) is 0 Å². The first kappa shape index (κ1) is 15.7. The van der Waals surface area contributed by atoms with Crippen molar-refractivity contribution < 1.29 is 0 Å². The van der Waals surface area contributed by atoms with Crippen molar-refractivity contribution in [1.82, 2.24) is 0 Å². The monoisotopic (exact) mass is 224 g/mol. The summed E-state index contributed by atoms with van der Waals surface area (Å²) in [6.07, 6.45) is 6.26. The van der Waals surface area contributed by atoms with E-state index in [0.717, 1.165) is 5.92 Å². The van der Waals surface area contributed by atoms with Crippen LogP contribution < -0.4 is 0 Å². The van der Waals surface area contributed by atoms with E-state index in [1.807, 2.05) is 0 Å². The Bertz CT molecular complexity index is 225. The molecule has 96 valence electrons. The first-order valence-corrected chi connectivity index (χ1v) is 6.74. The van der Waals surface area contributed by atoms with Crippen LogP contribution in [0.2, 0.25) is 0 Å². The first-order valence-electron chi connectivity index (χ1n) is 6.74. The van der Waals surface area contributed by atoms with E-state index >= 15 is 0 Å². The molecule has 1 atom stereocenters. The van der Waals surface area contributed by atoms with E-state index in [9.17, 15) is 0 Å². The Balaban J connectivity index is 4.09. The molecule has 1 unspecified atom stereocenters. The van der Waals surface area contributed by atoms with Gasteiger partial charge in [-0.05, 0) is 37.0 Å². The molecule has 0 bridgehead atoms. The lowest BCUT2D eigenvalue weighted by Gasteiger charge is -2.30. The lowest BCUT2D eigenvalue weighted by atomic mass is 9.75. The van der Waals surface area contributed by atoms with Crippen LogP contribution in [-0.2, 0) is 0 Å². The maximum absolute atomic E-state index is 2.38. The van der Waals surface area contributed by atoms with Gasteiger partial charge in [-0.3, -0.25) is 0 Å². The van der Waals surface area contributed by atoms with Gasteiger partial charge in [-0.1, -0.05) is 66.0 Å². The summed E-state index contributed by atoms with van der Waals surface area (Å²) in [6.45, 7) is 18.6. The summed E-state index contributed by atoms with van der Waals surface area (Å²) in [5, 5.41) is 0. The highest BCUT2D eigenvalue weighted by Crippen LogP contribution is 2.35. The Hall–Kier alpha value is -0.260. The highest BCUT2D eigenvalue weighted by Gasteiger charge is 2.22. The molecule has 0 aliphatic heterocycles. The minimum atomic E-state index is 0.381. The lowest BCUT2D eigenvalue weighted by Crippen LogP contribution is -2.19. The third-order valence-corrected chi connectivity index (χ3v) is 4.42. The van der Waals surface area contributed by atoms with E-state index in [-0.39, 0.29) is 0 Å². The quantitative estimate of drug-likeness (QED) is 0.515. The van der Waals surface area contributed by atoms with Crippen LogP contribution in [0.5, 0.6) is 0 Å². The molecule has 0 aromatic heterocycles. The van der Waals surface area contributed by atoms with Crippen molar-refractivity contribution in [3.8, 4) is 0 Å². The fourth-order valence-corrected chi connectivity index (χ4v) is 1.87. The van der Waals surface area contributed by atoms with E-state index in [4.69, 9.17) is 0 Å². The SMILES string of the molecule is C/C=C(\C)C(C)(C)CCCC(C)C(C)(C)C. The largest absolute Gasteiger partial charge is 0.0882 e. The van der Waals surface area contributed by atoms with Crippen molar-refractivity contribution in [1.29, 1.82) is 0 Å². The van der Waals surface area contributed by atoms with Gasteiger partial charge in [0.1, 0.15) is 0 Å². The first-order chi connectivity index (χ1) is 7.11. The summed E-state index contributed by atoms with van der Waals surface area (Å²) in [5.74, 6) is 0.814. The van der Waals surface area contributed by atoms with Crippen molar-refractivity contribution in [2.75, 3.05) is 0 Å². The zero-order chi connectivity index (χ0) is 13.0. The molecule has 0 aliphatic carbocycles. The fraction of sp³-hybridized carbons (Fsp3) is 0.875. The van der Waals surface area contributed by atoms with E-state index in [0.29, 0.717) is 10.8 Å². The van der Waals surface area contributed by atoms with Crippen molar-refractivity contribution in [3.63, 3.8) is 0 Å². The third-order valence-electron chi connectivity index (χ3n) is 4.42. The summed E-state index contributed by atoms with van der Waals surface area (Å²) in [7, 11) is 0. The maximum atomic E-state index is 2.38. The third kappa shape index (κ3) is 5.18. The molecule has 0 saturated carbocycles. The van der Waals surface area contributed by atoms with Crippen LogP contribution in [0.15, 0.2) is 11.6 Å². The zero-order valence-corrected chi connectivity index (χ0v) is 12.8. The Labute approximate surface area is 104 Å². The second-order valence-electron chi connectivity index (χ2n) is 7.01. The van der Waals surface area contributed by atoms with Gasteiger partial charge < -0.3 is 0 Å². The molecule has 0 nitrogen and oxygen atoms in total. The van der Waals surface area contributed by atoms with Crippen LogP contribution in [0.4, 0.5) is 0 Å². The number of hydrogen-bond donors (Lipinski definition) is 0. The van der Waals surface area contributed by atoms with Crippen molar-refractivity contribution in [2.24, 2.45) is 16.7 Å². The topological polar surface area (TPSA) is 0 Å². The van der Waals surface area contributed by atoms with Gasteiger partial charge in [0.15, 0.2) is 0 Å². The Morgan fingerprint density at radius 1 is 1.12 bits per heavy atom. The zero-order valence-electron chi connectivity index (χ0n) is 12.8. The number of hydrogen-bond acceptors (Lipinski definition) is 0. The van der Waals surface area contributed by atoms with Crippen molar-refractivity contribution in [3.05, 3.63) is 11.6 Å². The molecule has 0 aromatic carbocycles. The van der Waals surface area contributed by atoms with Crippen molar-refractivity contribution >= 4 is 0 Å². The van der Waals surface area contributed by atoms with E-state index in [1.54, 1.807) is 0 Å². The predicted octanol–water partition coefficient (Wildman–Crippen LogP) is 5.83. The van der Waals surface area contributed by atoms with E-state index in [1.165, 1.54) is 24.8 Å². The van der Waals surface area contributed by atoms with E-state index < -0.39 is 0 Å². The lowest BCUT2D eigenvalue weighted by molar-refractivity contribution is 0.231. The molecular formula is C16H32. The molecule has 0 spiro atoms. The molecular weight excluding hydrogens is 192 g/mol. The minimum absolute atomic E-state index is 0.381. The summed E-state index contributed by atoms with van der Waals surface area (Å²) < 4.78 is 0. The normalized spacial score (nSPS) is 16.4. The highest BCUT2D eigenvalue weighted by molar-refractivity contribution is 5.07. The Kier molecular flexibility index (Phi) is 5.79. The smallest absolute Gasteiger partial charge is 0.0148 e.